The molecule has 0 radical (unpaired) electrons. The molecule has 0 aliphatic heterocycles. The maximum atomic E-state index is 14.2. The highest BCUT2D eigenvalue weighted by Gasteiger charge is 2.24. The molecule has 0 atom stereocenters. The number of benzene rings is 3. The fourth-order valence-electron chi connectivity index (χ4n) is 3.92. The van der Waals surface area contributed by atoms with Gasteiger partial charge in [-0.15, -0.1) is 5.10 Å². The topological polar surface area (TPSA) is 168 Å². The Labute approximate surface area is 249 Å². The number of para-hydroxylation sites is 1. The summed E-state index contributed by atoms with van der Waals surface area (Å²) in [5, 5.41) is 22.9. The van der Waals surface area contributed by atoms with Crippen molar-refractivity contribution in [2.24, 2.45) is 5.10 Å². The summed E-state index contributed by atoms with van der Waals surface area (Å²) in [7, 11) is 0. The van der Waals surface area contributed by atoms with E-state index in [0.29, 0.717) is 29.4 Å². The van der Waals surface area contributed by atoms with Crippen LogP contribution < -0.4 is 25.9 Å². The smallest absolute Gasteiger partial charge is 0.293 e. The van der Waals surface area contributed by atoms with Crippen LogP contribution in [0.5, 0.6) is 11.5 Å². The van der Waals surface area contributed by atoms with E-state index in [9.17, 15) is 9.18 Å². The van der Waals surface area contributed by atoms with Crippen molar-refractivity contribution in [3.05, 3.63) is 100 Å². The van der Waals surface area contributed by atoms with Crippen molar-refractivity contribution in [1.82, 2.24) is 30.7 Å². The molecule has 0 saturated carbocycles. The van der Waals surface area contributed by atoms with Crippen LogP contribution in [0.3, 0.4) is 0 Å². The Balaban J connectivity index is 1.30. The predicted octanol–water partition coefficient (Wildman–Crippen LogP) is 4.38. The van der Waals surface area contributed by atoms with Gasteiger partial charge in [0.1, 0.15) is 12.4 Å². The molecule has 13 nitrogen and oxygen atoms in total. The van der Waals surface area contributed by atoms with Crippen molar-refractivity contribution in [1.29, 1.82) is 0 Å². The van der Waals surface area contributed by atoms with E-state index >= 15 is 0 Å². The summed E-state index contributed by atoms with van der Waals surface area (Å²) in [4.78, 5) is 13.1. The number of hydrogen-bond donors (Lipinski definition) is 3. The molecule has 1 amide bonds. The fourth-order valence-corrected chi connectivity index (χ4v) is 4.13. The monoisotopic (exact) mass is 605 g/mol. The second-order valence-electron chi connectivity index (χ2n) is 8.82. The Morgan fingerprint density at radius 1 is 1.12 bits per heavy atom. The first-order valence-electron chi connectivity index (χ1n) is 12.9. The van der Waals surface area contributed by atoms with Gasteiger partial charge in [0, 0.05) is 11.3 Å². The molecule has 2 aromatic heterocycles. The summed E-state index contributed by atoms with van der Waals surface area (Å²) in [6.45, 7) is 2.23. The molecule has 0 aliphatic carbocycles. The minimum Gasteiger partial charge on any atom is -0.490 e. The molecule has 5 rings (SSSR count). The van der Waals surface area contributed by atoms with Gasteiger partial charge in [-0.05, 0) is 65.3 Å². The van der Waals surface area contributed by atoms with Gasteiger partial charge < -0.3 is 20.5 Å². The Hall–Kier alpha value is -5.50. The normalized spacial score (nSPS) is 11.0. The number of aromatic nitrogens is 5. The minimum atomic E-state index is -0.630. The van der Waals surface area contributed by atoms with Crippen LogP contribution in [0.1, 0.15) is 34.2 Å². The van der Waals surface area contributed by atoms with Gasteiger partial charge in [-0.25, -0.2) is 14.4 Å². The molecule has 0 spiro atoms. The number of carbonyl (C=O) groups is 1. The molecule has 0 aliphatic rings. The van der Waals surface area contributed by atoms with Crippen molar-refractivity contribution >= 4 is 35.2 Å². The number of anilines is 2. The average molecular weight is 606 g/mol. The van der Waals surface area contributed by atoms with Gasteiger partial charge in [0.15, 0.2) is 17.2 Å². The van der Waals surface area contributed by atoms with Gasteiger partial charge in [-0.1, -0.05) is 41.1 Å². The lowest BCUT2D eigenvalue weighted by atomic mass is 10.2. The van der Waals surface area contributed by atoms with Gasteiger partial charge in [-0.3, -0.25) is 4.79 Å². The van der Waals surface area contributed by atoms with Gasteiger partial charge in [0.25, 0.3) is 5.91 Å². The predicted molar refractivity (Wildman–Crippen MR) is 156 cm³/mol. The van der Waals surface area contributed by atoms with Crippen LogP contribution in [0, 0.1) is 5.82 Å². The minimum absolute atomic E-state index is 0.0199. The SMILES string of the molecule is CCOc1cc(/C=N/NC(=O)c2nnn(-c3nonc3N)c2CNc2ccccc2)ccc1OCc1c(F)cccc1Cl. The summed E-state index contributed by atoms with van der Waals surface area (Å²) in [5.41, 5.74) is 10.3. The molecule has 0 unspecified atom stereocenters. The summed E-state index contributed by atoms with van der Waals surface area (Å²) in [6, 6.07) is 18.8. The second-order valence-corrected chi connectivity index (χ2v) is 9.22. The number of halogens is 2. The van der Waals surface area contributed by atoms with Crippen LogP contribution in [0.4, 0.5) is 15.9 Å². The fraction of sp³-hybridized carbons (Fsp3) is 0.143. The van der Waals surface area contributed by atoms with Crippen LogP contribution in [0.15, 0.2) is 76.5 Å². The van der Waals surface area contributed by atoms with Crippen LogP contribution in [0.2, 0.25) is 5.02 Å². The number of ether oxygens (including phenoxy) is 2. The maximum Gasteiger partial charge on any atom is 0.293 e. The number of amides is 1. The van der Waals surface area contributed by atoms with E-state index < -0.39 is 11.7 Å². The number of hydrogen-bond acceptors (Lipinski definition) is 11. The second kappa shape index (κ2) is 13.4. The van der Waals surface area contributed by atoms with Crippen LogP contribution in [0.25, 0.3) is 5.82 Å². The highest BCUT2D eigenvalue weighted by Crippen LogP contribution is 2.30. The molecule has 2 heterocycles. The van der Waals surface area contributed by atoms with Gasteiger partial charge in [0.2, 0.25) is 11.6 Å². The van der Waals surface area contributed by atoms with E-state index in [-0.39, 0.29) is 41.1 Å². The number of nitrogens with two attached hydrogens (primary N) is 1. The molecule has 4 N–H and O–H groups in total. The van der Waals surface area contributed by atoms with E-state index in [0.717, 1.165) is 5.69 Å². The first-order valence-corrected chi connectivity index (χ1v) is 13.3. The van der Waals surface area contributed by atoms with Crippen LogP contribution >= 0.6 is 11.6 Å². The summed E-state index contributed by atoms with van der Waals surface area (Å²) in [5.74, 6) is -0.245. The first kappa shape index (κ1) is 29.0. The zero-order chi connectivity index (χ0) is 30.2. The van der Waals surface area contributed by atoms with E-state index in [1.807, 2.05) is 37.3 Å². The Morgan fingerprint density at radius 2 is 1.95 bits per heavy atom. The molecular formula is C28H25ClFN9O4. The lowest BCUT2D eigenvalue weighted by molar-refractivity contribution is 0.0949. The van der Waals surface area contributed by atoms with Gasteiger partial charge in [0.05, 0.1) is 30.1 Å². The molecule has 5 aromatic rings. The van der Waals surface area contributed by atoms with Crippen molar-refractivity contribution in [3.8, 4) is 17.3 Å². The summed E-state index contributed by atoms with van der Waals surface area (Å²) < 4.78 is 31.6. The van der Waals surface area contributed by atoms with Gasteiger partial charge in [-0.2, -0.15) is 9.78 Å². The number of nitrogens with zero attached hydrogens (tertiary/aromatic N) is 6. The zero-order valence-corrected chi connectivity index (χ0v) is 23.5. The molecular weight excluding hydrogens is 581 g/mol. The van der Waals surface area contributed by atoms with Crippen molar-refractivity contribution < 1.29 is 23.3 Å². The Bertz CT molecular complexity index is 1720. The maximum absolute atomic E-state index is 14.2. The molecule has 0 saturated heterocycles. The lowest BCUT2D eigenvalue weighted by Crippen LogP contribution is -2.21. The molecule has 15 heteroatoms. The third-order valence-electron chi connectivity index (χ3n) is 5.99. The third kappa shape index (κ3) is 6.87. The first-order chi connectivity index (χ1) is 20.9. The highest BCUT2D eigenvalue weighted by molar-refractivity contribution is 6.31. The Kier molecular flexibility index (Phi) is 9.07. The van der Waals surface area contributed by atoms with Crippen LogP contribution in [-0.4, -0.2) is 44.0 Å². The molecule has 3 aromatic carbocycles. The molecule has 0 fully saturated rings. The number of hydrazone groups is 1. The van der Waals surface area contributed by atoms with E-state index in [1.54, 1.807) is 24.3 Å². The van der Waals surface area contributed by atoms with Crippen molar-refractivity contribution in [2.75, 3.05) is 17.7 Å². The quantitative estimate of drug-likeness (QED) is 0.137. The zero-order valence-electron chi connectivity index (χ0n) is 22.7. The van der Waals surface area contributed by atoms with Crippen LogP contribution in [-0.2, 0) is 13.2 Å². The van der Waals surface area contributed by atoms with E-state index in [4.69, 9.17) is 26.8 Å². The molecule has 220 valence electrons. The van der Waals surface area contributed by atoms with E-state index in [1.165, 1.54) is 23.0 Å². The van der Waals surface area contributed by atoms with Crippen molar-refractivity contribution in [2.45, 2.75) is 20.1 Å². The number of nitrogens with one attached hydrogen (secondary N) is 2. The molecule has 43 heavy (non-hydrogen) atoms. The number of rotatable bonds is 12. The highest BCUT2D eigenvalue weighted by atomic mass is 35.5. The average Bonchev–Trinajstić information content (AvgIpc) is 3.63. The van der Waals surface area contributed by atoms with E-state index in [2.05, 4.69) is 41.1 Å². The summed E-state index contributed by atoms with van der Waals surface area (Å²) in [6.07, 6.45) is 1.42. The third-order valence-corrected chi connectivity index (χ3v) is 6.34. The number of carbonyl (C=O) groups excluding carboxylic acids is 1. The standard InChI is InChI=1S/C28H25ClFN9O4/c1-2-41-24-13-17(11-12-23(24)42-16-19-20(29)9-6-10-21(19)30)14-33-35-28(40)25-22(15-32-18-7-4-3-5-8-18)39(38-34-25)27-26(31)36-43-37-27/h3-14,32H,2,15-16H2,1H3,(H2,31,36)(H,35,40)/b33-14+. The van der Waals surface area contributed by atoms with Crippen molar-refractivity contribution in [3.63, 3.8) is 0 Å². The Morgan fingerprint density at radius 3 is 2.70 bits per heavy atom. The lowest BCUT2D eigenvalue weighted by Gasteiger charge is -2.13. The number of nitrogen functional groups attached to an aromatic ring is 1. The largest absolute Gasteiger partial charge is 0.490 e. The van der Waals surface area contributed by atoms with Gasteiger partial charge >= 0.3 is 0 Å². The molecule has 0 bridgehead atoms. The summed E-state index contributed by atoms with van der Waals surface area (Å²) >= 11 is 6.11.